The lowest BCUT2D eigenvalue weighted by molar-refractivity contribution is 0.555. The third kappa shape index (κ3) is 3.34. The maximum atomic E-state index is 13.7. The van der Waals surface area contributed by atoms with Crippen LogP contribution in [0.25, 0.3) is 11.3 Å². The first-order chi connectivity index (χ1) is 11.5. The Bertz CT molecular complexity index is 955. The summed E-state index contributed by atoms with van der Waals surface area (Å²) < 4.78 is 42.1. The van der Waals surface area contributed by atoms with E-state index in [0.717, 1.165) is 17.3 Å². The van der Waals surface area contributed by atoms with E-state index in [9.17, 15) is 12.8 Å². The minimum Gasteiger partial charge on any atom is -0.268 e. The molecule has 0 aliphatic heterocycles. The largest absolute Gasteiger partial charge is 0.268 e. The Labute approximate surface area is 139 Å². The fraction of sp³-hybridized carbons (Fsp3) is 0.125. The third-order valence-electron chi connectivity index (χ3n) is 3.48. The average molecular weight is 346 g/mol. The summed E-state index contributed by atoms with van der Waals surface area (Å²) in [6.45, 7) is -0.0322. The Hall–Kier alpha value is -2.58. The SMILES string of the molecule is Cn1nc(CNS(=O)(=O)c2ccccc2F)cc1-c1ccncc1. The van der Waals surface area contributed by atoms with Gasteiger partial charge in [0, 0.05) is 25.0 Å². The molecule has 0 aliphatic rings. The number of nitrogens with one attached hydrogen (secondary N) is 1. The Morgan fingerprint density at radius 2 is 1.88 bits per heavy atom. The monoisotopic (exact) mass is 346 g/mol. The van der Waals surface area contributed by atoms with Gasteiger partial charge in [-0.05, 0) is 30.3 Å². The molecule has 0 aliphatic carbocycles. The second-order valence-electron chi connectivity index (χ2n) is 5.14. The molecule has 0 saturated heterocycles. The van der Waals surface area contributed by atoms with Crippen LogP contribution in [0.4, 0.5) is 4.39 Å². The quantitative estimate of drug-likeness (QED) is 0.767. The van der Waals surface area contributed by atoms with Crippen molar-refractivity contribution in [3.8, 4) is 11.3 Å². The van der Waals surface area contributed by atoms with Crippen LogP contribution >= 0.6 is 0 Å². The van der Waals surface area contributed by atoms with E-state index in [-0.39, 0.29) is 11.4 Å². The van der Waals surface area contributed by atoms with Crippen LogP contribution in [0.1, 0.15) is 5.69 Å². The predicted molar refractivity (Wildman–Crippen MR) is 86.9 cm³/mol. The van der Waals surface area contributed by atoms with Crippen molar-refractivity contribution < 1.29 is 12.8 Å². The number of benzene rings is 1. The van der Waals surface area contributed by atoms with Gasteiger partial charge in [0.15, 0.2) is 0 Å². The first kappa shape index (κ1) is 16.3. The van der Waals surface area contributed by atoms with Gasteiger partial charge in [0.2, 0.25) is 10.0 Å². The Morgan fingerprint density at radius 1 is 1.17 bits per heavy atom. The van der Waals surface area contributed by atoms with Crippen LogP contribution in [0.15, 0.2) is 59.8 Å². The molecule has 0 radical (unpaired) electrons. The molecule has 0 fully saturated rings. The van der Waals surface area contributed by atoms with Gasteiger partial charge in [-0.1, -0.05) is 12.1 Å². The molecule has 8 heteroatoms. The van der Waals surface area contributed by atoms with Crippen molar-refractivity contribution in [3.63, 3.8) is 0 Å². The van der Waals surface area contributed by atoms with Gasteiger partial charge in [-0.15, -0.1) is 0 Å². The number of aromatic nitrogens is 3. The molecule has 0 saturated carbocycles. The topological polar surface area (TPSA) is 76.9 Å². The van der Waals surface area contributed by atoms with E-state index in [0.29, 0.717) is 5.69 Å². The Kier molecular flexibility index (Phi) is 4.41. The van der Waals surface area contributed by atoms with E-state index in [1.807, 2.05) is 12.1 Å². The molecule has 3 rings (SSSR count). The molecule has 0 atom stereocenters. The molecule has 3 aromatic rings. The fourth-order valence-corrected chi connectivity index (χ4v) is 3.39. The molecule has 24 heavy (non-hydrogen) atoms. The molecular formula is C16H15FN4O2S. The highest BCUT2D eigenvalue weighted by Gasteiger charge is 2.19. The van der Waals surface area contributed by atoms with Crippen molar-refractivity contribution in [3.05, 3.63) is 66.4 Å². The predicted octanol–water partition coefficient (Wildman–Crippen LogP) is 2.10. The summed E-state index contributed by atoms with van der Waals surface area (Å²) in [5.74, 6) is -0.788. The highest BCUT2D eigenvalue weighted by Crippen LogP contribution is 2.19. The number of halogens is 1. The summed E-state index contributed by atoms with van der Waals surface area (Å²) in [6.07, 6.45) is 3.34. The highest BCUT2D eigenvalue weighted by atomic mass is 32.2. The summed E-state index contributed by atoms with van der Waals surface area (Å²) in [5, 5.41) is 4.28. The molecule has 2 aromatic heterocycles. The van der Waals surface area contributed by atoms with Crippen molar-refractivity contribution in [1.29, 1.82) is 0 Å². The molecule has 0 spiro atoms. The number of pyridine rings is 1. The number of rotatable bonds is 5. The first-order valence-corrected chi connectivity index (χ1v) is 8.63. The average Bonchev–Trinajstić information content (AvgIpc) is 2.95. The zero-order chi connectivity index (χ0) is 17.2. The first-order valence-electron chi connectivity index (χ1n) is 7.15. The zero-order valence-corrected chi connectivity index (χ0v) is 13.7. The minimum absolute atomic E-state index is 0.0322. The summed E-state index contributed by atoms with van der Waals surface area (Å²) in [6, 6.07) is 10.7. The smallest absolute Gasteiger partial charge is 0.243 e. The second kappa shape index (κ2) is 6.50. The van der Waals surface area contributed by atoms with Gasteiger partial charge in [-0.2, -0.15) is 5.10 Å². The highest BCUT2D eigenvalue weighted by molar-refractivity contribution is 7.89. The number of sulfonamides is 1. The number of nitrogens with zero attached hydrogens (tertiary/aromatic N) is 3. The van der Waals surface area contributed by atoms with Gasteiger partial charge in [0.1, 0.15) is 10.7 Å². The van der Waals surface area contributed by atoms with Crippen LogP contribution < -0.4 is 4.72 Å². The summed E-state index contributed by atoms with van der Waals surface area (Å²) in [7, 11) is -2.17. The Morgan fingerprint density at radius 3 is 2.58 bits per heavy atom. The van der Waals surface area contributed by atoms with Crippen molar-refractivity contribution in [2.24, 2.45) is 7.05 Å². The molecule has 1 aromatic carbocycles. The molecular weight excluding hydrogens is 331 g/mol. The number of hydrogen-bond donors (Lipinski definition) is 1. The van der Waals surface area contributed by atoms with E-state index in [1.165, 1.54) is 18.2 Å². The molecule has 124 valence electrons. The fourth-order valence-electron chi connectivity index (χ4n) is 2.32. The maximum absolute atomic E-state index is 13.7. The molecule has 2 heterocycles. The lowest BCUT2D eigenvalue weighted by atomic mass is 10.2. The van der Waals surface area contributed by atoms with Crippen molar-refractivity contribution in [1.82, 2.24) is 19.5 Å². The van der Waals surface area contributed by atoms with E-state index in [2.05, 4.69) is 14.8 Å². The lowest BCUT2D eigenvalue weighted by Crippen LogP contribution is -2.24. The summed E-state index contributed by atoms with van der Waals surface area (Å²) in [4.78, 5) is 3.58. The Balaban J connectivity index is 1.80. The van der Waals surface area contributed by atoms with Crippen molar-refractivity contribution in [2.75, 3.05) is 0 Å². The normalized spacial score (nSPS) is 11.6. The van der Waals surface area contributed by atoms with Gasteiger partial charge in [-0.3, -0.25) is 9.67 Å². The molecule has 0 bridgehead atoms. The van der Waals surface area contributed by atoms with E-state index >= 15 is 0 Å². The van der Waals surface area contributed by atoms with E-state index in [1.54, 1.807) is 30.2 Å². The van der Waals surface area contributed by atoms with Gasteiger partial charge in [0.25, 0.3) is 0 Å². The van der Waals surface area contributed by atoms with Crippen molar-refractivity contribution in [2.45, 2.75) is 11.4 Å². The van der Waals surface area contributed by atoms with Crippen LogP contribution in [0.2, 0.25) is 0 Å². The molecule has 6 nitrogen and oxygen atoms in total. The minimum atomic E-state index is -3.94. The third-order valence-corrected chi connectivity index (χ3v) is 4.91. The lowest BCUT2D eigenvalue weighted by Gasteiger charge is -2.05. The van der Waals surface area contributed by atoms with E-state index in [4.69, 9.17) is 0 Å². The maximum Gasteiger partial charge on any atom is 0.243 e. The molecule has 1 N–H and O–H groups in total. The standard InChI is InChI=1S/C16H15FN4O2S/c1-21-15(12-6-8-18-9-7-12)10-13(20-21)11-19-24(22,23)16-5-3-2-4-14(16)17/h2-10,19H,11H2,1H3. The van der Waals surface area contributed by atoms with Crippen LogP contribution in [-0.4, -0.2) is 23.2 Å². The second-order valence-corrected chi connectivity index (χ2v) is 6.87. The van der Waals surface area contributed by atoms with Crippen LogP contribution in [0.5, 0.6) is 0 Å². The van der Waals surface area contributed by atoms with Gasteiger partial charge >= 0.3 is 0 Å². The number of aryl methyl sites for hydroxylation is 1. The van der Waals surface area contributed by atoms with Gasteiger partial charge in [0.05, 0.1) is 17.9 Å². The summed E-state index contributed by atoms with van der Waals surface area (Å²) >= 11 is 0. The molecule has 0 amide bonds. The van der Waals surface area contributed by atoms with Crippen molar-refractivity contribution >= 4 is 10.0 Å². The number of hydrogen-bond acceptors (Lipinski definition) is 4. The van der Waals surface area contributed by atoms with Crippen LogP contribution in [-0.2, 0) is 23.6 Å². The van der Waals surface area contributed by atoms with Crippen LogP contribution in [0, 0.1) is 5.82 Å². The zero-order valence-electron chi connectivity index (χ0n) is 12.8. The summed E-state index contributed by atoms with van der Waals surface area (Å²) in [5.41, 5.74) is 2.28. The van der Waals surface area contributed by atoms with Crippen LogP contribution in [0.3, 0.4) is 0 Å². The van der Waals surface area contributed by atoms with Gasteiger partial charge < -0.3 is 0 Å². The van der Waals surface area contributed by atoms with E-state index < -0.39 is 15.8 Å². The molecule has 0 unspecified atom stereocenters. The van der Waals surface area contributed by atoms with Gasteiger partial charge in [-0.25, -0.2) is 17.5 Å².